The molecule has 0 atom stereocenters. The Labute approximate surface area is 156 Å². The van der Waals surface area contributed by atoms with Crippen LogP contribution in [-0.2, 0) is 12.8 Å². The number of piperazine rings is 1. The number of nitrogens with zero attached hydrogens (tertiary/aromatic N) is 4. The monoisotopic (exact) mass is 376 g/mol. The van der Waals surface area contributed by atoms with Crippen molar-refractivity contribution in [1.29, 1.82) is 0 Å². The highest BCUT2D eigenvalue weighted by molar-refractivity contribution is 6.35. The Morgan fingerprint density at radius 2 is 1.64 bits per heavy atom. The second-order valence-electron chi connectivity index (χ2n) is 6.47. The molecule has 1 amide bonds. The summed E-state index contributed by atoms with van der Waals surface area (Å²) in [6.07, 6.45) is 3.29. The predicted octanol–water partition coefficient (Wildman–Crippen LogP) is 3.23. The Kier molecular flexibility index (Phi) is 4.52. The third kappa shape index (κ3) is 3.44. The Hall–Kier alpha value is -1.85. The Morgan fingerprint density at radius 3 is 2.36 bits per heavy atom. The zero-order valence-corrected chi connectivity index (χ0v) is 15.2. The van der Waals surface area contributed by atoms with Gasteiger partial charge in [-0.3, -0.25) is 4.79 Å². The van der Waals surface area contributed by atoms with Crippen LogP contribution in [-0.4, -0.2) is 47.2 Å². The smallest absolute Gasteiger partial charge is 0.254 e. The van der Waals surface area contributed by atoms with E-state index in [1.54, 1.807) is 18.2 Å². The summed E-state index contributed by atoms with van der Waals surface area (Å²) in [5.74, 6) is 0.877. The lowest BCUT2D eigenvalue weighted by molar-refractivity contribution is 0.0746. The van der Waals surface area contributed by atoms with Gasteiger partial charge in [0.05, 0.1) is 5.69 Å². The number of fused-ring (bicyclic) bond motifs is 1. The molecular formula is C18H18Cl2N4O. The van der Waals surface area contributed by atoms with Gasteiger partial charge in [-0.05, 0) is 49.1 Å². The van der Waals surface area contributed by atoms with Gasteiger partial charge in [-0.15, -0.1) is 5.10 Å². The molecule has 0 unspecified atom stereocenters. The normalized spacial score (nSPS) is 16.9. The maximum Gasteiger partial charge on any atom is 0.254 e. The summed E-state index contributed by atoms with van der Waals surface area (Å²) in [6.45, 7) is 2.77. The van der Waals surface area contributed by atoms with Crippen LogP contribution in [0.2, 0.25) is 10.0 Å². The number of aryl methyl sites for hydroxylation is 2. The lowest BCUT2D eigenvalue weighted by atomic mass is 10.1. The molecule has 25 heavy (non-hydrogen) atoms. The van der Waals surface area contributed by atoms with Crippen LogP contribution in [0.5, 0.6) is 0 Å². The number of carbonyl (C=O) groups is 1. The second kappa shape index (κ2) is 6.81. The highest BCUT2D eigenvalue weighted by atomic mass is 35.5. The van der Waals surface area contributed by atoms with E-state index in [-0.39, 0.29) is 5.91 Å². The van der Waals surface area contributed by atoms with Crippen LogP contribution in [0.25, 0.3) is 0 Å². The van der Waals surface area contributed by atoms with Gasteiger partial charge in [-0.2, -0.15) is 5.10 Å². The molecule has 1 aliphatic carbocycles. The van der Waals surface area contributed by atoms with Crippen LogP contribution in [0.4, 0.5) is 5.82 Å². The third-order valence-electron chi connectivity index (χ3n) is 4.81. The van der Waals surface area contributed by atoms with Gasteiger partial charge in [0.1, 0.15) is 0 Å². The zero-order chi connectivity index (χ0) is 17.4. The van der Waals surface area contributed by atoms with Crippen LogP contribution in [0, 0.1) is 0 Å². The highest BCUT2D eigenvalue weighted by Crippen LogP contribution is 2.24. The first-order valence-corrected chi connectivity index (χ1v) is 9.21. The van der Waals surface area contributed by atoms with Gasteiger partial charge < -0.3 is 9.80 Å². The van der Waals surface area contributed by atoms with Gasteiger partial charge in [0, 0.05) is 41.8 Å². The number of hydrogen-bond donors (Lipinski definition) is 0. The molecule has 130 valence electrons. The molecule has 0 N–H and O–H groups in total. The van der Waals surface area contributed by atoms with Crippen molar-refractivity contribution in [2.75, 3.05) is 31.1 Å². The van der Waals surface area contributed by atoms with Gasteiger partial charge in [0.15, 0.2) is 5.82 Å². The molecule has 2 aromatic rings. The van der Waals surface area contributed by atoms with Crippen molar-refractivity contribution in [1.82, 2.24) is 15.1 Å². The zero-order valence-electron chi connectivity index (χ0n) is 13.7. The molecule has 5 nitrogen and oxygen atoms in total. The van der Waals surface area contributed by atoms with Crippen molar-refractivity contribution in [3.63, 3.8) is 0 Å². The number of carbonyl (C=O) groups excluding carboxylic acids is 1. The number of rotatable bonds is 2. The molecule has 0 saturated carbocycles. The predicted molar refractivity (Wildman–Crippen MR) is 98.6 cm³/mol. The Balaban J connectivity index is 1.43. The first kappa shape index (κ1) is 16.6. The molecule has 0 bridgehead atoms. The molecule has 2 aliphatic rings. The van der Waals surface area contributed by atoms with E-state index < -0.39 is 0 Å². The summed E-state index contributed by atoms with van der Waals surface area (Å²) in [6, 6.07) is 7.11. The fraction of sp³-hybridized carbons (Fsp3) is 0.389. The van der Waals surface area contributed by atoms with Crippen molar-refractivity contribution < 1.29 is 4.79 Å². The number of hydrogen-bond acceptors (Lipinski definition) is 4. The molecule has 7 heteroatoms. The average molecular weight is 377 g/mol. The SMILES string of the molecule is O=C(c1cc(Cl)cc(Cl)c1)N1CCN(c2cc3c(nn2)CCC3)CC1. The Morgan fingerprint density at radius 1 is 0.920 bits per heavy atom. The van der Waals surface area contributed by atoms with Crippen molar-refractivity contribution in [3.05, 3.63) is 51.1 Å². The molecule has 1 aliphatic heterocycles. The lowest BCUT2D eigenvalue weighted by Crippen LogP contribution is -2.49. The summed E-state index contributed by atoms with van der Waals surface area (Å²) in [5, 5.41) is 9.67. The standard InChI is InChI=1S/C18H18Cl2N4O/c19-14-8-13(9-15(20)11-14)18(25)24-6-4-23(5-7-24)17-10-12-2-1-3-16(12)21-22-17/h8-11H,1-7H2. The molecule has 2 heterocycles. The summed E-state index contributed by atoms with van der Waals surface area (Å²) >= 11 is 12.0. The fourth-order valence-corrected chi connectivity index (χ4v) is 4.00. The maximum atomic E-state index is 12.7. The van der Waals surface area contributed by atoms with Gasteiger partial charge in [0.25, 0.3) is 5.91 Å². The minimum atomic E-state index is -0.0379. The molecular weight excluding hydrogens is 359 g/mol. The van der Waals surface area contributed by atoms with E-state index in [0.29, 0.717) is 28.7 Å². The lowest BCUT2D eigenvalue weighted by Gasteiger charge is -2.35. The Bertz CT molecular complexity index is 798. The minimum absolute atomic E-state index is 0.0379. The number of halogens is 2. The first-order chi connectivity index (χ1) is 12.1. The number of amides is 1. The fourth-order valence-electron chi connectivity index (χ4n) is 3.47. The molecule has 0 radical (unpaired) electrons. The number of benzene rings is 1. The van der Waals surface area contributed by atoms with E-state index in [9.17, 15) is 4.79 Å². The number of anilines is 1. The molecule has 1 saturated heterocycles. The van der Waals surface area contributed by atoms with E-state index in [4.69, 9.17) is 23.2 Å². The van der Waals surface area contributed by atoms with Crippen molar-refractivity contribution in [2.24, 2.45) is 0 Å². The van der Waals surface area contributed by atoms with Crippen LogP contribution >= 0.6 is 23.2 Å². The highest BCUT2D eigenvalue weighted by Gasteiger charge is 2.24. The third-order valence-corrected chi connectivity index (χ3v) is 5.24. The molecule has 1 fully saturated rings. The van der Waals surface area contributed by atoms with E-state index in [1.807, 2.05) is 4.90 Å². The summed E-state index contributed by atoms with van der Waals surface area (Å²) < 4.78 is 0. The topological polar surface area (TPSA) is 49.3 Å². The van der Waals surface area contributed by atoms with Gasteiger partial charge in [0.2, 0.25) is 0 Å². The largest absolute Gasteiger partial charge is 0.352 e. The summed E-state index contributed by atoms with van der Waals surface area (Å²) in [7, 11) is 0. The van der Waals surface area contributed by atoms with E-state index >= 15 is 0 Å². The van der Waals surface area contributed by atoms with Crippen molar-refractivity contribution >= 4 is 34.9 Å². The van der Waals surface area contributed by atoms with Crippen LogP contribution < -0.4 is 4.90 Å². The van der Waals surface area contributed by atoms with Gasteiger partial charge >= 0.3 is 0 Å². The van der Waals surface area contributed by atoms with Gasteiger partial charge in [-0.1, -0.05) is 23.2 Å². The van der Waals surface area contributed by atoms with Crippen LogP contribution in [0.1, 0.15) is 28.0 Å². The van der Waals surface area contributed by atoms with Crippen molar-refractivity contribution in [3.8, 4) is 0 Å². The molecule has 4 rings (SSSR count). The second-order valence-corrected chi connectivity index (χ2v) is 7.34. The van der Waals surface area contributed by atoms with Gasteiger partial charge in [-0.25, -0.2) is 0 Å². The molecule has 1 aromatic heterocycles. The van der Waals surface area contributed by atoms with Crippen molar-refractivity contribution in [2.45, 2.75) is 19.3 Å². The molecule has 1 aromatic carbocycles. The number of aromatic nitrogens is 2. The molecule has 0 spiro atoms. The van der Waals surface area contributed by atoms with Crippen LogP contribution in [0.3, 0.4) is 0 Å². The first-order valence-electron chi connectivity index (χ1n) is 8.46. The maximum absolute atomic E-state index is 12.7. The summed E-state index contributed by atoms with van der Waals surface area (Å²) in [5.41, 5.74) is 2.98. The average Bonchev–Trinajstić information content (AvgIpc) is 3.08. The van der Waals surface area contributed by atoms with Crippen LogP contribution in [0.15, 0.2) is 24.3 Å². The van der Waals surface area contributed by atoms with E-state index in [0.717, 1.165) is 43.9 Å². The van der Waals surface area contributed by atoms with E-state index in [1.165, 1.54) is 5.56 Å². The minimum Gasteiger partial charge on any atom is -0.352 e. The summed E-state index contributed by atoms with van der Waals surface area (Å²) in [4.78, 5) is 16.7. The quantitative estimate of drug-likeness (QED) is 0.807. The van der Waals surface area contributed by atoms with E-state index in [2.05, 4.69) is 21.2 Å².